The number of nitrogens with zero attached hydrogens (tertiary/aromatic N) is 2. The van der Waals surface area contributed by atoms with Crippen molar-refractivity contribution in [2.75, 3.05) is 23.4 Å². The summed E-state index contributed by atoms with van der Waals surface area (Å²) in [5.41, 5.74) is 4.05. The lowest BCUT2D eigenvalue weighted by atomic mass is 9.99. The lowest BCUT2D eigenvalue weighted by molar-refractivity contribution is 0.0734. The van der Waals surface area contributed by atoms with Crippen molar-refractivity contribution >= 4 is 38.4 Å². The summed E-state index contributed by atoms with van der Waals surface area (Å²) in [5, 5.41) is 4.02. The molecule has 0 spiro atoms. The molecule has 3 heterocycles. The number of fused-ring (bicyclic) bond motifs is 2. The molecule has 2 aromatic rings. The van der Waals surface area contributed by atoms with Crippen molar-refractivity contribution in [1.29, 1.82) is 0 Å². The highest BCUT2D eigenvalue weighted by molar-refractivity contribution is 8.15. The third kappa shape index (κ3) is 3.79. The molecular formula is C21H21N3O3S2. The maximum atomic E-state index is 12.9. The Labute approximate surface area is 174 Å². The first kappa shape index (κ1) is 18.7. The number of nitrogens with one attached hydrogen (secondary N) is 1. The summed E-state index contributed by atoms with van der Waals surface area (Å²) in [7, 11) is -2.94. The molecule has 3 aliphatic heterocycles. The van der Waals surface area contributed by atoms with Gasteiger partial charge < -0.3 is 10.2 Å². The van der Waals surface area contributed by atoms with Crippen LogP contribution in [-0.4, -0.2) is 53.7 Å². The van der Waals surface area contributed by atoms with E-state index in [0.29, 0.717) is 12.1 Å². The Bertz CT molecular complexity index is 1100. The van der Waals surface area contributed by atoms with Crippen LogP contribution in [0.25, 0.3) is 0 Å². The van der Waals surface area contributed by atoms with Gasteiger partial charge in [-0.05, 0) is 41.8 Å². The van der Waals surface area contributed by atoms with Crippen LogP contribution in [0.4, 0.5) is 5.69 Å². The highest BCUT2D eigenvalue weighted by Crippen LogP contribution is 2.34. The quantitative estimate of drug-likeness (QED) is 0.797. The van der Waals surface area contributed by atoms with E-state index in [2.05, 4.69) is 22.4 Å². The van der Waals surface area contributed by atoms with Crippen molar-refractivity contribution < 1.29 is 13.2 Å². The lowest BCUT2D eigenvalue weighted by Gasteiger charge is -2.29. The minimum absolute atomic E-state index is 0.0188. The molecule has 1 fully saturated rings. The number of carbonyl (C=O) groups is 1. The zero-order valence-electron chi connectivity index (χ0n) is 15.7. The van der Waals surface area contributed by atoms with Gasteiger partial charge in [0.1, 0.15) is 0 Å². The zero-order valence-corrected chi connectivity index (χ0v) is 17.4. The SMILES string of the molecule is O=C(c1ccc(NC2=N[C@@H]3CS(=O)(=O)C[C@@H]3S2)cc1)N1CCc2ccccc2C1. The Morgan fingerprint density at radius 2 is 1.83 bits per heavy atom. The summed E-state index contributed by atoms with van der Waals surface area (Å²) < 4.78 is 23.3. The van der Waals surface area contributed by atoms with E-state index in [-0.39, 0.29) is 28.7 Å². The highest BCUT2D eigenvalue weighted by atomic mass is 32.2. The van der Waals surface area contributed by atoms with E-state index in [1.165, 1.54) is 22.9 Å². The Morgan fingerprint density at radius 3 is 2.59 bits per heavy atom. The molecule has 8 heteroatoms. The molecule has 0 bridgehead atoms. The van der Waals surface area contributed by atoms with E-state index in [1.54, 1.807) is 0 Å². The second kappa shape index (κ2) is 7.18. The fraction of sp³-hybridized carbons (Fsp3) is 0.333. The number of amidine groups is 1. The highest BCUT2D eigenvalue weighted by Gasteiger charge is 2.42. The van der Waals surface area contributed by atoms with Crippen LogP contribution in [0.2, 0.25) is 0 Å². The summed E-state index contributed by atoms with van der Waals surface area (Å²) >= 11 is 1.49. The topological polar surface area (TPSA) is 78.8 Å². The molecule has 2 aromatic carbocycles. The summed E-state index contributed by atoms with van der Waals surface area (Å²) in [6.07, 6.45) is 0.886. The van der Waals surface area contributed by atoms with E-state index < -0.39 is 9.84 Å². The average molecular weight is 428 g/mol. The Balaban J connectivity index is 1.24. The van der Waals surface area contributed by atoms with Crippen molar-refractivity contribution in [1.82, 2.24) is 4.90 Å². The second-order valence-corrected chi connectivity index (χ2v) is 11.1. The third-order valence-corrected chi connectivity index (χ3v) is 8.76. The molecule has 5 rings (SSSR count). The van der Waals surface area contributed by atoms with Gasteiger partial charge in [-0.25, -0.2) is 8.42 Å². The first-order valence-electron chi connectivity index (χ1n) is 9.65. The molecule has 29 heavy (non-hydrogen) atoms. The number of aliphatic imine (C=N–C) groups is 1. The van der Waals surface area contributed by atoms with Gasteiger partial charge in [0.15, 0.2) is 15.0 Å². The number of thioether (sulfide) groups is 1. The molecule has 0 radical (unpaired) electrons. The normalized spacial score (nSPS) is 24.6. The van der Waals surface area contributed by atoms with Gasteiger partial charge >= 0.3 is 0 Å². The number of rotatable bonds is 2. The molecule has 1 N–H and O–H groups in total. The molecule has 1 saturated heterocycles. The Hall–Kier alpha value is -2.32. The van der Waals surface area contributed by atoms with Gasteiger partial charge in [0.25, 0.3) is 5.91 Å². The summed E-state index contributed by atoms with van der Waals surface area (Å²) in [6.45, 7) is 1.38. The molecule has 0 aromatic heterocycles. The summed E-state index contributed by atoms with van der Waals surface area (Å²) in [5.74, 6) is 0.379. The molecule has 3 aliphatic rings. The summed E-state index contributed by atoms with van der Waals surface area (Å²) in [4.78, 5) is 19.3. The fourth-order valence-corrected chi connectivity index (χ4v) is 7.76. The van der Waals surface area contributed by atoms with Crippen LogP contribution in [0.3, 0.4) is 0 Å². The first-order chi connectivity index (χ1) is 14.0. The molecule has 0 saturated carbocycles. The van der Waals surface area contributed by atoms with Crippen LogP contribution in [0.15, 0.2) is 53.5 Å². The van der Waals surface area contributed by atoms with Gasteiger partial charge in [-0.15, -0.1) is 0 Å². The Morgan fingerprint density at radius 1 is 1.07 bits per heavy atom. The minimum atomic E-state index is -2.94. The maximum absolute atomic E-state index is 12.9. The molecule has 150 valence electrons. The molecule has 2 atom stereocenters. The predicted molar refractivity (Wildman–Crippen MR) is 116 cm³/mol. The van der Waals surface area contributed by atoms with Gasteiger partial charge in [-0.2, -0.15) is 0 Å². The molecule has 6 nitrogen and oxygen atoms in total. The number of carbonyl (C=O) groups excluding carboxylic acids is 1. The number of anilines is 1. The molecule has 1 amide bonds. The van der Waals surface area contributed by atoms with Crippen molar-refractivity contribution in [3.05, 3.63) is 65.2 Å². The summed E-state index contributed by atoms with van der Waals surface area (Å²) in [6, 6.07) is 15.5. The van der Waals surface area contributed by atoms with Crippen LogP contribution >= 0.6 is 11.8 Å². The van der Waals surface area contributed by atoms with Crippen molar-refractivity contribution in [3.63, 3.8) is 0 Å². The van der Waals surface area contributed by atoms with E-state index in [9.17, 15) is 13.2 Å². The van der Waals surface area contributed by atoms with Gasteiger partial charge in [0.05, 0.1) is 17.5 Å². The fourth-order valence-electron chi connectivity index (χ4n) is 4.09. The van der Waals surface area contributed by atoms with Gasteiger partial charge in [-0.3, -0.25) is 9.79 Å². The minimum Gasteiger partial charge on any atom is -0.335 e. The van der Waals surface area contributed by atoms with Crippen molar-refractivity contribution in [3.8, 4) is 0 Å². The van der Waals surface area contributed by atoms with Crippen LogP contribution in [-0.2, 0) is 22.8 Å². The monoisotopic (exact) mass is 427 g/mol. The van der Waals surface area contributed by atoms with E-state index >= 15 is 0 Å². The average Bonchev–Trinajstić information content (AvgIpc) is 3.20. The second-order valence-electron chi connectivity index (χ2n) is 7.68. The predicted octanol–water partition coefficient (Wildman–Crippen LogP) is 2.57. The molecular weight excluding hydrogens is 406 g/mol. The number of hydrogen-bond donors (Lipinski definition) is 1. The third-order valence-electron chi connectivity index (χ3n) is 5.62. The van der Waals surface area contributed by atoms with Gasteiger partial charge in [0, 0.05) is 29.6 Å². The molecule has 0 unspecified atom stereocenters. The number of amides is 1. The van der Waals surface area contributed by atoms with Crippen LogP contribution in [0, 0.1) is 0 Å². The van der Waals surface area contributed by atoms with Crippen LogP contribution in [0.1, 0.15) is 21.5 Å². The van der Waals surface area contributed by atoms with Crippen LogP contribution in [0.5, 0.6) is 0 Å². The smallest absolute Gasteiger partial charge is 0.254 e. The number of sulfone groups is 1. The number of benzene rings is 2. The molecule has 0 aliphatic carbocycles. The van der Waals surface area contributed by atoms with Crippen molar-refractivity contribution in [2.45, 2.75) is 24.3 Å². The van der Waals surface area contributed by atoms with Gasteiger partial charge in [-0.1, -0.05) is 36.0 Å². The first-order valence-corrected chi connectivity index (χ1v) is 12.3. The van der Waals surface area contributed by atoms with Crippen molar-refractivity contribution in [2.24, 2.45) is 4.99 Å². The van der Waals surface area contributed by atoms with Gasteiger partial charge in [0.2, 0.25) is 0 Å². The zero-order chi connectivity index (χ0) is 20.0. The largest absolute Gasteiger partial charge is 0.335 e. The van der Waals surface area contributed by atoms with E-state index in [0.717, 1.165) is 23.8 Å². The van der Waals surface area contributed by atoms with E-state index in [4.69, 9.17) is 0 Å². The lowest BCUT2D eigenvalue weighted by Crippen LogP contribution is -2.35. The number of hydrogen-bond acceptors (Lipinski definition) is 6. The standard InChI is InChI=1S/C21H21N3O3S2/c25-20(24-10-9-14-3-1-2-4-16(14)11-24)15-5-7-17(8-6-15)22-21-23-18-12-29(26,27)13-19(18)28-21/h1-8,18-19H,9-13H2,(H,22,23)/t18-,19+/m1/s1. The van der Waals surface area contributed by atoms with Crippen LogP contribution < -0.4 is 5.32 Å². The maximum Gasteiger partial charge on any atom is 0.254 e. The Kier molecular flexibility index (Phi) is 4.63. The van der Waals surface area contributed by atoms with E-state index in [1.807, 2.05) is 41.3 Å².